The van der Waals surface area contributed by atoms with E-state index in [0.717, 1.165) is 19.2 Å². The zero-order valence-corrected chi connectivity index (χ0v) is 13.3. The van der Waals surface area contributed by atoms with Crippen LogP contribution in [0.15, 0.2) is 0 Å². The third-order valence-electron chi connectivity index (χ3n) is 3.10. The fourth-order valence-corrected chi connectivity index (χ4v) is 3.42. The molecule has 0 bridgehead atoms. The van der Waals surface area contributed by atoms with Crippen LogP contribution in [0, 0.1) is 0 Å². The van der Waals surface area contributed by atoms with E-state index in [4.69, 9.17) is 11.5 Å². The van der Waals surface area contributed by atoms with Crippen LogP contribution in [-0.2, 0) is 9.84 Å². The highest BCUT2D eigenvalue weighted by Gasteiger charge is 2.24. The molecule has 0 saturated carbocycles. The summed E-state index contributed by atoms with van der Waals surface area (Å²) < 4.78 is 22.0. The molecule has 1 fully saturated rings. The van der Waals surface area contributed by atoms with E-state index in [-0.39, 0.29) is 24.2 Å². The van der Waals surface area contributed by atoms with E-state index in [2.05, 4.69) is 10.3 Å². The number of nitrogens with zero attached hydrogens (tertiary/aromatic N) is 2. The molecule has 1 amide bonds. The molecule has 1 aromatic rings. The van der Waals surface area contributed by atoms with Gasteiger partial charge in [0.1, 0.15) is 20.5 Å². The fourth-order valence-electron chi connectivity index (χ4n) is 2.01. The van der Waals surface area contributed by atoms with Gasteiger partial charge in [-0.2, -0.15) is 0 Å². The molecule has 1 aliphatic heterocycles. The smallest absolute Gasteiger partial charge is 0.265 e. The SMILES string of the molecule is CS(=O)(=O)CCNC(=O)c1sc(N2CCC(N)C2)nc1N. The van der Waals surface area contributed by atoms with Gasteiger partial charge in [-0.1, -0.05) is 11.3 Å². The second-order valence-electron chi connectivity index (χ2n) is 5.09. The molecule has 118 valence electrons. The Hall–Kier alpha value is -1.39. The predicted octanol–water partition coefficient (Wildman–Crippen LogP) is -0.963. The van der Waals surface area contributed by atoms with Crippen molar-refractivity contribution >= 4 is 38.0 Å². The first kappa shape index (κ1) is 16.0. The molecule has 10 heteroatoms. The number of nitrogens with one attached hydrogen (secondary N) is 1. The minimum atomic E-state index is -3.11. The van der Waals surface area contributed by atoms with E-state index in [1.807, 2.05) is 4.90 Å². The molecule has 0 spiro atoms. The summed E-state index contributed by atoms with van der Waals surface area (Å²) in [4.78, 5) is 18.5. The molecule has 8 nitrogen and oxygen atoms in total. The monoisotopic (exact) mass is 333 g/mol. The van der Waals surface area contributed by atoms with E-state index in [0.29, 0.717) is 16.6 Å². The topological polar surface area (TPSA) is 131 Å². The lowest BCUT2D eigenvalue weighted by Crippen LogP contribution is -2.28. The summed E-state index contributed by atoms with van der Waals surface area (Å²) in [5.41, 5.74) is 11.6. The molecule has 1 unspecified atom stereocenters. The van der Waals surface area contributed by atoms with Gasteiger partial charge in [0, 0.05) is 31.9 Å². The molecule has 5 N–H and O–H groups in total. The van der Waals surface area contributed by atoms with Gasteiger partial charge in [-0.3, -0.25) is 4.79 Å². The van der Waals surface area contributed by atoms with Crippen LogP contribution in [-0.4, -0.2) is 57.0 Å². The minimum Gasteiger partial charge on any atom is -0.382 e. The quantitative estimate of drug-likeness (QED) is 0.632. The Bertz CT molecular complexity index is 628. The van der Waals surface area contributed by atoms with E-state index in [1.165, 1.54) is 11.3 Å². The Morgan fingerprint density at radius 3 is 2.86 bits per heavy atom. The molecule has 1 aliphatic rings. The number of rotatable bonds is 5. The van der Waals surface area contributed by atoms with Crippen LogP contribution in [0.4, 0.5) is 10.9 Å². The average molecular weight is 333 g/mol. The van der Waals surface area contributed by atoms with Crippen LogP contribution >= 0.6 is 11.3 Å². The van der Waals surface area contributed by atoms with Crippen molar-refractivity contribution in [3.05, 3.63) is 4.88 Å². The maximum Gasteiger partial charge on any atom is 0.265 e. The Kier molecular flexibility index (Phi) is 4.69. The summed E-state index contributed by atoms with van der Waals surface area (Å²) in [6, 6.07) is 0.113. The highest BCUT2D eigenvalue weighted by molar-refractivity contribution is 7.90. The lowest BCUT2D eigenvalue weighted by atomic mass is 10.3. The van der Waals surface area contributed by atoms with Gasteiger partial charge < -0.3 is 21.7 Å². The number of carbonyl (C=O) groups is 1. The maximum absolute atomic E-state index is 12.0. The number of hydrogen-bond acceptors (Lipinski definition) is 8. The number of sulfone groups is 1. The van der Waals surface area contributed by atoms with Crippen LogP contribution in [0.3, 0.4) is 0 Å². The summed E-state index contributed by atoms with van der Waals surface area (Å²) in [6.45, 7) is 1.55. The number of amides is 1. The van der Waals surface area contributed by atoms with Gasteiger partial charge >= 0.3 is 0 Å². The summed E-state index contributed by atoms with van der Waals surface area (Å²) >= 11 is 1.20. The second-order valence-corrected chi connectivity index (χ2v) is 8.33. The number of carbonyl (C=O) groups excluding carboxylic acids is 1. The summed E-state index contributed by atoms with van der Waals surface area (Å²) in [7, 11) is -3.11. The first-order valence-corrected chi connectivity index (χ1v) is 9.36. The highest BCUT2D eigenvalue weighted by Crippen LogP contribution is 2.30. The predicted molar refractivity (Wildman–Crippen MR) is 83.4 cm³/mol. The van der Waals surface area contributed by atoms with Gasteiger partial charge in [0.05, 0.1) is 5.75 Å². The van der Waals surface area contributed by atoms with Crippen molar-refractivity contribution in [3.63, 3.8) is 0 Å². The first-order chi connectivity index (χ1) is 9.76. The zero-order chi connectivity index (χ0) is 15.6. The third kappa shape index (κ3) is 4.29. The van der Waals surface area contributed by atoms with Gasteiger partial charge in [0.15, 0.2) is 5.13 Å². The van der Waals surface area contributed by atoms with Crippen molar-refractivity contribution in [1.82, 2.24) is 10.3 Å². The molecule has 1 atom stereocenters. The number of nitrogen functional groups attached to an aromatic ring is 1. The maximum atomic E-state index is 12.0. The molecule has 21 heavy (non-hydrogen) atoms. The normalized spacial score (nSPS) is 19.0. The number of thiazole rings is 1. The van der Waals surface area contributed by atoms with Crippen LogP contribution < -0.4 is 21.7 Å². The molecule has 2 heterocycles. The molecule has 1 saturated heterocycles. The van der Waals surface area contributed by atoms with Gasteiger partial charge in [-0.05, 0) is 6.42 Å². The van der Waals surface area contributed by atoms with Gasteiger partial charge in [-0.25, -0.2) is 13.4 Å². The van der Waals surface area contributed by atoms with Crippen molar-refractivity contribution in [3.8, 4) is 0 Å². The van der Waals surface area contributed by atoms with Gasteiger partial charge in [-0.15, -0.1) is 0 Å². The van der Waals surface area contributed by atoms with Crippen molar-refractivity contribution in [2.45, 2.75) is 12.5 Å². The summed E-state index contributed by atoms with van der Waals surface area (Å²) in [5.74, 6) is -0.346. The Labute approximate surface area is 127 Å². The molecular formula is C11H19N5O3S2. The van der Waals surface area contributed by atoms with E-state index < -0.39 is 15.7 Å². The van der Waals surface area contributed by atoms with Crippen LogP contribution in [0.2, 0.25) is 0 Å². The summed E-state index contributed by atoms with van der Waals surface area (Å²) in [5, 5.41) is 3.21. The third-order valence-corrected chi connectivity index (χ3v) is 5.18. The fraction of sp³-hybridized carbons (Fsp3) is 0.636. The van der Waals surface area contributed by atoms with Crippen LogP contribution in [0.1, 0.15) is 16.1 Å². The second kappa shape index (κ2) is 6.16. The molecular weight excluding hydrogens is 314 g/mol. The number of anilines is 2. The molecule has 0 radical (unpaired) electrons. The summed E-state index contributed by atoms with van der Waals surface area (Å²) in [6.07, 6.45) is 2.00. The van der Waals surface area contributed by atoms with E-state index in [1.54, 1.807) is 0 Å². The van der Waals surface area contributed by atoms with Gasteiger partial charge in [0.2, 0.25) is 0 Å². The Morgan fingerprint density at radius 2 is 2.29 bits per heavy atom. The zero-order valence-electron chi connectivity index (χ0n) is 11.7. The van der Waals surface area contributed by atoms with Crippen molar-refractivity contribution < 1.29 is 13.2 Å². The average Bonchev–Trinajstić information content (AvgIpc) is 2.93. The van der Waals surface area contributed by atoms with Crippen molar-refractivity contribution in [2.24, 2.45) is 5.73 Å². The standard InChI is InChI=1S/C11H19N5O3S2/c1-21(18,19)5-3-14-10(17)8-9(13)15-11(20-8)16-4-2-7(12)6-16/h7H,2-6,12-13H2,1H3,(H,14,17). The van der Waals surface area contributed by atoms with E-state index >= 15 is 0 Å². The van der Waals surface area contributed by atoms with Crippen LogP contribution in [0.25, 0.3) is 0 Å². The lowest BCUT2D eigenvalue weighted by Gasteiger charge is -2.12. The Morgan fingerprint density at radius 1 is 1.57 bits per heavy atom. The lowest BCUT2D eigenvalue weighted by molar-refractivity contribution is 0.0961. The number of nitrogens with two attached hydrogens (primary N) is 2. The van der Waals surface area contributed by atoms with E-state index in [9.17, 15) is 13.2 Å². The number of aromatic nitrogens is 1. The molecule has 0 aromatic carbocycles. The van der Waals surface area contributed by atoms with Crippen molar-refractivity contribution in [1.29, 1.82) is 0 Å². The van der Waals surface area contributed by atoms with Crippen molar-refractivity contribution in [2.75, 3.05) is 42.3 Å². The van der Waals surface area contributed by atoms with Crippen LogP contribution in [0.5, 0.6) is 0 Å². The molecule has 1 aromatic heterocycles. The molecule has 2 rings (SSSR count). The Balaban J connectivity index is 2.00. The number of hydrogen-bond donors (Lipinski definition) is 3. The van der Waals surface area contributed by atoms with Gasteiger partial charge in [0.25, 0.3) is 5.91 Å². The molecule has 0 aliphatic carbocycles. The minimum absolute atomic E-state index is 0.0545. The highest BCUT2D eigenvalue weighted by atomic mass is 32.2. The largest absolute Gasteiger partial charge is 0.382 e. The first-order valence-electron chi connectivity index (χ1n) is 6.49.